The summed E-state index contributed by atoms with van der Waals surface area (Å²) < 4.78 is 1.68. The number of nitro groups is 2. The number of nitro benzene ring substituents is 2. The van der Waals surface area contributed by atoms with Crippen molar-refractivity contribution in [3.8, 4) is 0 Å². The topological polar surface area (TPSA) is 120 Å². The van der Waals surface area contributed by atoms with Crippen LogP contribution in [-0.2, 0) is 6.54 Å². The van der Waals surface area contributed by atoms with Crippen molar-refractivity contribution in [2.75, 3.05) is 11.4 Å². The Morgan fingerprint density at radius 3 is 2.74 bits per heavy atom. The highest BCUT2D eigenvalue weighted by Crippen LogP contribution is 2.36. The van der Waals surface area contributed by atoms with E-state index >= 15 is 0 Å². The molecule has 2 heterocycles. The molecule has 1 unspecified atom stereocenters. The van der Waals surface area contributed by atoms with Crippen LogP contribution >= 0.6 is 0 Å². The van der Waals surface area contributed by atoms with Gasteiger partial charge in [-0.3, -0.25) is 24.9 Å². The highest BCUT2D eigenvalue weighted by atomic mass is 16.6. The summed E-state index contributed by atoms with van der Waals surface area (Å²) in [4.78, 5) is 26.7. The van der Waals surface area contributed by atoms with Gasteiger partial charge in [0, 0.05) is 18.7 Å². The molecule has 0 N–H and O–H groups in total. The van der Waals surface area contributed by atoms with Crippen LogP contribution in [0.15, 0.2) is 30.9 Å². The van der Waals surface area contributed by atoms with E-state index in [4.69, 9.17) is 0 Å². The van der Waals surface area contributed by atoms with Crippen molar-refractivity contribution in [1.29, 1.82) is 0 Å². The van der Waals surface area contributed by atoms with E-state index in [0.29, 0.717) is 18.8 Å². The van der Waals surface area contributed by atoms with Crippen LogP contribution in [0.1, 0.15) is 12.8 Å². The van der Waals surface area contributed by atoms with Crippen molar-refractivity contribution < 1.29 is 9.85 Å². The molecular weight excluding hydrogens is 304 g/mol. The quantitative estimate of drug-likeness (QED) is 0.608. The van der Waals surface area contributed by atoms with E-state index in [1.165, 1.54) is 18.5 Å². The lowest BCUT2D eigenvalue weighted by Crippen LogP contribution is -2.33. The smallest absolute Gasteiger partial charge is 0.299 e. The summed E-state index contributed by atoms with van der Waals surface area (Å²) in [5.41, 5.74) is -0.125. The van der Waals surface area contributed by atoms with E-state index < -0.39 is 9.85 Å². The van der Waals surface area contributed by atoms with E-state index in [2.05, 4.69) is 10.1 Å². The third kappa shape index (κ3) is 2.96. The van der Waals surface area contributed by atoms with Crippen molar-refractivity contribution in [3.63, 3.8) is 0 Å². The molecule has 0 spiro atoms. The molecule has 10 heteroatoms. The average molecular weight is 318 g/mol. The van der Waals surface area contributed by atoms with Gasteiger partial charge in [-0.05, 0) is 18.9 Å². The molecular formula is C13H14N6O4. The highest BCUT2D eigenvalue weighted by Gasteiger charge is 2.31. The number of benzene rings is 1. The molecule has 1 aromatic heterocycles. The second kappa shape index (κ2) is 5.99. The minimum absolute atomic E-state index is 0.0388. The normalized spacial score (nSPS) is 17.4. The summed E-state index contributed by atoms with van der Waals surface area (Å²) in [5, 5.41) is 26.2. The zero-order chi connectivity index (χ0) is 16.4. The molecule has 120 valence electrons. The van der Waals surface area contributed by atoms with Gasteiger partial charge in [-0.1, -0.05) is 0 Å². The van der Waals surface area contributed by atoms with Crippen molar-refractivity contribution >= 4 is 17.1 Å². The Bertz CT molecular complexity index is 732. The maximum Gasteiger partial charge on any atom is 0.299 e. The first-order valence-corrected chi connectivity index (χ1v) is 7.08. The molecule has 1 atom stereocenters. The average Bonchev–Trinajstić information content (AvgIpc) is 3.18. The van der Waals surface area contributed by atoms with E-state index in [9.17, 15) is 20.2 Å². The summed E-state index contributed by atoms with van der Waals surface area (Å²) in [5.74, 6) is 0. The number of nitrogens with zero attached hydrogens (tertiary/aromatic N) is 6. The SMILES string of the molecule is O=[N+]([O-])c1ccc(N2CCCC2Cn2cncn2)c([N+](=O)[O-])c1. The summed E-state index contributed by atoms with van der Waals surface area (Å²) in [6, 6.07) is 3.81. The Kier molecular flexibility index (Phi) is 3.87. The molecule has 0 amide bonds. The van der Waals surface area contributed by atoms with Gasteiger partial charge >= 0.3 is 0 Å². The molecule has 0 bridgehead atoms. The molecule has 1 fully saturated rings. The van der Waals surface area contributed by atoms with Gasteiger partial charge in [-0.25, -0.2) is 4.98 Å². The van der Waals surface area contributed by atoms with Crippen molar-refractivity contribution in [2.24, 2.45) is 0 Å². The van der Waals surface area contributed by atoms with Crippen LogP contribution in [0.3, 0.4) is 0 Å². The predicted molar refractivity (Wildman–Crippen MR) is 80.1 cm³/mol. The zero-order valence-electron chi connectivity index (χ0n) is 12.1. The van der Waals surface area contributed by atoms with Crippen molar-refractivity contribution in [2.45, 2.75) is 25.4 Å². The fourth-order valence-corrected chi connectivity index (χ4v) is 2.90. The first-order chi connectivity index (χ1) is 11.1. The van der Waals surface area contributed by atoms with Crippen LogP contribution in [0.25, 0.3) is 0 Å². The molecule has 0 aliphatic carbocycles. The van der Waals surface area contributed by atoms with E-state index in [0.717, 1.165) is 18.9 Å². The van der Waals surface area contributed by atoms with Gasteiger partial charge in [-0.2, -0.15) is 5.10 Å². The molecule has 1 saturated heterocycles. The second-order valence-corrected chi connectivity index (χ2v) is 5.29. The van der Waals surface area contributed by atoms with Crippen LogP contribution in [0.4, 0.5) is 17.1 Å². The number of aromatic nitrogens is 3. The van der Waals surface area contributed by atoms with Gasteiger partial charge < -0.3 is 4.90 Å². The van der Waals surface area contributed by atoms with E-state index in [1.54, 1.807) is 11.0 Å². The minimum atomic E-state index is -0.631. The lowest BCUT2D eigenvalue weighted by Gasteiger charge is -2.26. The summed E-state index contributed by atoms with van der Waals surface area (Å²) >= 11 is 0. The van der Waals surface area contributed by atoms with Gasteiger partial charge in [0.25, 0.3) is 11.4 Å². The van der Waals surface area contributed by atoms with Crippen LogP contribution in [0.2, 0.25) is 0 Å². The van der Waals surface area contributed by atoms with Crippen molar-refractivity contribution in [3.05, 3.63) is 51.1 Å². The van der Waals surface area contributed by atoms with Gasteiger partial charge in [0.05, 0.1) is 22.5 Å². The lowest BCUT2D eigenvalue weighted by atomic mass is 10.2. The molecule has 3 rings (SSSR count). The van der Waals surface area contributed by atoms with Crippen LogP contribution in [-0.4, -0.2) is 37.2 Å². The fraction of sp³-hybridized carbons (Fsp3) is 0.385. The number of rotatable bonds is 5. The lowest BCUT2D eigenvalue weighted by molar-refractivity contribution is -0.393. The summed E-state index contributed by atoms with van der Waals surface area (Å²) in [6.45, 7) is 1.23. The fourth-order valence-electron chi connectivity index (χ4n) is 2.90. The first kappa shape index (κ1) is 14.9. The second-order valence-electron chi connectivity index (χ2n) is 5.29. The largest absolute Gasteiger partial charge is 0.361 e. The Morgan fingerprint density at radius 1 is 1.26 bits per heavy atom. The Labute approximate surface area is 130 Å². The van der Waals surface area contributed by atoms with Gasteiger partial charge in [0.2, 0.25) is 0 Å². The molecule has 0 saturated carbocycles. The third-order valence-corrected chi connectivity index (χ3v) is 3.92. The molecule has 1 aliphatic rings. The highest BCUT2D eigenvalue weighted by molar-refractivity contribution is 5.67. The summed E-state index contributed by atoms with van der Waals surface area (Å²) in [7, 11) is 0. The molecule has 2 aromatic rings. The Balaban J connectivity index is 1.92. The number of anilines is 1. The van der Waals surface area contributed by atoms with Crippen LogP contribution in [0, 0.1) is 20.2 Å². The van der Waals surface area contributed by atoms with Gasteiger partial charge in [0.15, 0.2) is 0 Å². The maximum atomic E-state index is 11.3. The molecule has 10 nitrogen and oxygen atoms in total. The third-order valence-electron chi connectivity index (χ3n) is 3.92. The van der Waals surface area contributed by atoms with Gasteiger partial charge in [-0.15, -0.1) is 0 Å². The molecule has 23 heavy (non-hydrogen) atoms. The predicted octanol–water partition coefficient (Wildman–Crippen LogP) is 1.76. The number of hydrogen-bond donors (Lipinski definition) is 0. The molecule has 1 aromatic carbocycles. The van der Waals surface area contributed by atoms with Crippen molar-refractivity contribution in [1.82, 2.24) is 14.8 Å². The standard InChI is InChI=1S/C13H14N6O4/c20-18(21)10-3-4-12(13(6-10)19(22)23)17-5-1-2-11(17)7-16-9-14-8-15-16/h3-4,6,8-9,11H,1-2,5,7H2. The summed E-state index contributed by atoms with van der Waals surface area (Å²) in [6.07, 6.45) is 4.80. The maximum absolute atomic E-state index is 11.3. The molecule has 0 radical (unpaired) electrons. The minimum Gasteiger partial charge on any atom is -0.361 e. The molecule has 1 aliphatic heterocycles. The number of hydrogen-bond acceptors (Lipinski definition) is 7. The zero-order valence-corrected chi connectivity index (χ0v) is 12.1. The van der Waals surface area contributed by atoms with E-state index in [1.807, 2.05) is 4.90 Å². The van der Waals surface area contributed by atoms with Crippen LogP contribution in [0.5, 0.6) is 0 Å². The van der Waals surface area contributed by atoms with E-state index in [-0.39, 0.29) is 17.4 Å². The first-order valence-electron chi connectivity index (χ1n) is 7.08. The monoisotopic (exact) mass is 318 g/mol. The van der Waals surface area contributed by atoms with Gasteiger partial charge in [0.1, 0.15) is 18.3 Å². The number of non-ortho nitro benzene ring substituents is 1. The Morgan fingerprint density at radius 2 is 2.09 bits per heavy atom. The van der Waals surface area contributed by atoms with Crippen LogP contribution < -0.4 is 4.90 Å². The Hall–Kier alpha value is -3.04.